The predicted octanol–water partition coefficient (Wildman–Crippen LogP) is 2.76. The molecule has 0 spiro atoms. The van der Waals surface area contributed by atoms with E-state index in [1.165, 1.54) is 4.90 Å². The quantitative estimate of drug-likeness (QED) is 0.646. The molecule has 0 aliphatic carbocycles. The Kier molecular flexibility index (Phi) is 5.37. The van der Waals surface area contributed by atoms with Gasteiger partial charge in [0.25, 0.3) is 0 Å². The zero-order chi connectivity index (χ0) is 21.3. The Hall–Kier alpha value is -3.46. The number of nitrogens with one attached hydrogen (secondary N) is 1. The number of aliphatic hydroxyl groups excluding tert-OH is 1. The Morgan fingerprint density at radius 3 is 2.63 bits per heavy atom. The molecule has 9 nitrogen and oxygen atoms in total. The predicted molar refractivity (Wildman–Crippen MR) is 112 cm³/mol. The van der Waals surface area contributed by atoms with Crippen LogP contribution in [0, 0.1) is 0 Å². The zero-order valence-electron chi connectivity index (χ0n) is 17.1. The van der Waals surface area contributed by atoms with Crippen LogP contribution in [0.3, 0.4) is 0 Å². The van der Waals surface area contributed by atoms with Crippen LogP contribution < -0.4 is 10.2 Å². The Labute approximate surface area is 174 Å². The van der Waals surface area contributed by atoms with Crippen molar-refractivity contribution in [3.8, 4) is 11.1 Å². The van der Waals surface area contributed by atoms with Gasteiger partial charge in [-0.3, -0.25) is 9.58 Å². The normalized spacial score (nSPS) is 18.2. The second kappa shape index (κ2) is 8.11. The van der Waals surface area contributed by atoms with E-state index in [1.54, 1.807) is 23.9 Å². The fraction of sp³-hybridized carbons (Fsp3) is 0.333. The molecule has 3 aromatic rings. The third-order valence-electron chi connectivity index (χ3n) is 5.14. The van der Waals surface area contributed by atoms with Gasteiger partial charge in [-0.25, -0.2) is 9.78 Å². The van der Waals surface area contributed by atoms with Crippen LogP contribution in [0.25, 0.3) is 11.1 Å². The monoisotopic (exact) mass is 408 g/mol. The Morgan fingerprint density at radius 1 is 1.20 bits per heavy atom. The van der Waals surface area contributed by atoms with E-state index in [1.807, 2.05) is 38.5 Å². The molecule has 2 N–H and O–H groups in total. The summed E-state index contributed by atoms with van der Waals surface area (Å²) in [4.78, 5) is 22.2. The summed E-state index contributed by atoms with van der Waals surface area (Å²) in [6.45, 7) is 3.76. The van der Waals surface area contributed by atoms with Crippen molar-refractivity contribution < 1.29 is 14.6 Å². The number of ether oxygens (including phenoxy) is 1. The van der Waals surface area contributed by atoms with Crippen molar-refractivity contribution in [3.05, 3.63) is 54.5 Å². The topological polar surface area (TPSA) is 105 Å². The number of amides is 1. The summed E-state index contributed by atoms with van der Waals surface area (Å²) in [5, 5.41) is 17.4. The van der Waals surface area contributed by atoms with Crippen LogP contribution in [0.2, 0.25) is 0 Å². The Balaban J connectivity index is 1.49. The zero-order valence-corrected chi connectivity index (χ0v) is 17.1. The molecule has 1 fully saturated rings. The van der Waals surface area contributed by atoms with Crippen LogP contribution in [0.5, 0.6) is 0 Å². The minimum absolute atomic E-state index is 0.0544. The average Bonchev–Trinajstić information content (AvgIpc) is 3.34. The molecule has 4 rings (SSSR count). The van der Waals surface area contributed by atoms with Crippen LogP contribution in [-0.2, 0) is 11.8 Å². The first-order chi connectivity index (χ1) is 14.4. The highest BCUT2D eigenvalue weighted by atomic mass is 16.6. The second-order valence-corrected chi connectivity index (χ2v) is 7.38. The Morgan fingerprint density at radius 2 is 1.97 bits per heavy atom. The van der Waals surface area contributed by atoms with Gasteiger partial charge in [0, 0.05) is 25.0 Å². The minimum atomic E-state index is -0.736. The van der Waals surface area contributed by atoms with Crippen molar-refractivity contribution in [2.75, 3.05) is 16.8 Å². The average molecular weight is 408 g/mol. The maximum atomic E-state index is 12.1. The number of aryl methyl sites for hydroxylation is 1. The molecule has 1 saturated heterocycles. The van der Waals surface area contributed by atoms with Crippen molar-refractivity contribution in [3.63, 3.8) is 0 Å². The molecule has 2 aromatic heterocycles. The van der Waals surface area contributed by atoms with Gasteiger partial charge in [-0.1, -0.05) is 24.3 Å². The number of benzene rings is 1. The van der Waals surface area contributed by atoms with E-state index in [0.717, 1.165) is 16.7 Å². The number of aromatic nitrogens is 4. The van der Waals surface area contributed by atoms with Crippen molar-refractivity contribution in [2.45, 2.75) is 32.0 Å². The van der Waals surface area contributed by atoms with E-state index in [-0.39, 0.29) is 12.6 Å². The fourth-order valence-electron chi connectivity index (χ4n) is 3.42. The molecule has 1 amide bonds. The number of nitrogens with zero attached hydrogens (tertiary/aromatic N) is 5. The van der Waals surface area contributed by atoms with Gasteiger partial charge in [-0.05, 0) is 31.0 Å². The molecule has 30 heavy (non-hydrogen) atoms. The largest absolute Gasteiger partial charge is 0.447 e. The van der Waals surface area contributed by atoms with E-state index in [0.29, 0.717) is 11.8 Å². The number of carbonyl (C=O) groups excluding carboxylic acids is 1. The lowest BCUT2D eigenvalue weighted by Gasteiger charge is -2.23. The summed E-state index contributed by atoms with van der Waals surface area (Å²) in [7, 11) is 1.89. The third-order valence-corrected chi connectivity index (χ3v) is 5.14. The molecule has 1 aliphatic heterocycles. The van der Waals surface area contributed by atoms with Crippen LogP contribution in [0.4, 0.5) is 16.6 Å². The summed E-state index contributed by atoms with van der Waals surface area (Å²) < 4.78 is 6.85. The number of cyclic esters (lactones) is 1. The first-order valence-corrected chi connectivity index (χ1v) is 9.75. The highest BCUT2D eigenvalue weighted by Crippen LogP contribution is 2.26. The molecular formula is C21H24N6O3. The molecular weight excluding hydrogens is 384 g/mol. The highest BCUT2D eigenvalue weighted by molar-refractivity contribution is 5.89. The highest BCUT2D eigenvalue weighted by Gasteiger charge is 2.38. The number of rotatable bonds is 6. The second-order valence-electron chi connectivity index (χ2n) is 7.38. The SMILES string of the molecule is C[C@H](Nc1nccc(N2C(=O)OC[C@@H]2[C@@H](C)O)n1)c1ccc(-c2cnn(C)c2)cc1. The number of carbonyl (C=O) groups is 1. The summed E-state index contributed by atoms with van der Waals surface area (Å²) in [5.74, 6) is 0.778. The van der Waals surface area contributed by atoms with E-state index in [9.17, 15) is 9.90 Å². The van der Waals surface area contributed by atoms with Gasteiger partial charge in [0.15, 0.2) is 0 Å². The molecule has 0 bridgehead atoms. The molecule has 0 unspecified atom stereocenters. The smallest absolute Gasteiger partial charge is 0.416 e. The first-order valence-electron chi connectivity index (χ1n) is 9.75. The van der Waals surface area contributed by atoms with Gasteiger partial charge < -0.3 is 15.2 Å². The fourth-order valence-corrected chi connectivity index (χ4v) is 3.42. The van der Waals surface area contributed by atoms with Crippen molar-refractivity contribution >= 4 is 17.9 Å². The van der Waals surface area contributed by atoms with Gasteiger partial charge in [0.05, 0.1) is 18.3 Å². The van der Waals surface area contributed by atoms with Gasteiger partial charge in [0.2, 0.25) is 5.95 Å². The summed E-state index contributed by atoms with van der Waals surface area (Å²) in [6, 6.07) is 9.29. The van der Waals surface area contributed by atoms with E-state index in [4.69, 9.17) is 4.74 Å². The van der Waals surface area contributed by atoms with Crippen LogP contribution >= 0.6 is 0 Å². The molecule has 1 aliphatic rings. The minimum Gasteiger partial charge on any atom is -0.447 e. The maximum Gasteiger partial charge on any atom is 0.416 e. The third kappa shape index (κ3) is 3.97. The number of anilines is 2. The van der Waals surface area contributed by atoms with E-state index < -0.39 is 18.2 Å². The lowest BCUT2D eigenvalue weighted by Crippen LogP contribution is -2.41. The van der Waals surface area contributed by atoms with Crippen molar-refractivity contribution in [1.82, 2.24) is 19.7 Å². The molecule has 1 aromatic carbocycles. The van der Waals surface area contributed by atoms with E-state index >= 15 is 0 Å². The first kappa shape index (κ1) is 19.8. The molecule has 0 radical (unpaired) electrons. The van der Waals surface area contributed by atoms with Gasteiger partial charge in [-0.15, -0.1) is 0 Å². The van der Waals surface area contributed by atoms with Gasteiger partial charge >= 0.3 is 6.09 Å². The summed E-state index contributed by atoms with van der Waals surface area (Å²) in [6.07, 6.45) is 4.12. The van der Waals surface area contributed by atoms with E-state index in [2.05, 4.69) is 32.5 Å². The Bertz CT molecular complexity index is 1030. The maximum absolute atomic E-state index is 12.1. The lowest BCUT2D eigenvalue weighted by atomic mass is 10.0. The van der Waals surface area contributed by atoms with Crippen LogP contribution in [0.1, 0.15) is 25.5 Å². The summed E-state index contributed by atoms with van der Waals surface area (Å²) in [5.41, 5.74) is 3.22. The van der Waals surface area contributed by atoms with Gasteiger partial charge in [-0.2, -0.15) is 10.1 Å². The number of aliphatic hydroxyl groups is 1. The number of hydrogen-bond acceptors (Lipinski definition) is 7. The van der Waals surface area contributed by atoms with Crippen molar-refractivity contribution in [2.24, 2.45) is 7.05 Å². The molecule has 3 atom stereocenters. The molecule has 156 valence electrons. The van der Waals surface area contributed by atoms with Crippen LogP contribution in [0.15, 0.2) is 48.9 Å². The van der Waals surface area contributed by atoms with Crippen molar-refractivity contribution in [1.29, 1.82) is 0 Å². The lowest BCUT2D eigenvalue weighted by molar-refractivity contribution is 0.142. The molecule has 3 heterocycles. The summed E-state index contributed by atoms with van der Waals surface area (Å²) >= 11 is 0. The standard InChI is InChI=1S/C21H24N6O3/c1-13(15-4-6-16(7-5-15)17-10-23-26(3)11-17)24-20-22-9-8-19(25-20)27-18(14(2)28)12-30-21(27)29/h4-11,13-14,18,28H,12H2,1-3H3,(H,22,24,25)/t13-,14+,18+/m0/s1. The van der Waals surface area contributed by atoms with Gasteiger partial charge in [0.1, 0.15) is 18.5 Å². The number of hydrogen-bond donors (Lipinski definition) is 2. The van der Waals surface area contributed by atoms with Crippen LogP contribution in [-0.4, -0.2) is 49.7 Å². The molecule has 9 heteroatoms. The molecule has 0 saturated carbocycles.